The highest BCUT2D eigenvalue weighted by atomic mass is 16.6. The average Bonchev–Trinajstić information content (AvgIpc) is 2.90. The van der Waals surface area contributed by atoms with Gasteiger partial charge in [0.15, 0.2) is 5.82 Å². The van der Waals surface area contributed by atoms with Crippen molar-refractivity contribution in [2.45, 2.75) is 32.9 Å². The Labute approximate surface area is 134 Å². The molecule has 23 heavy (non-hydrogen) atoms. The van der Waals surface area contributed by atoms with Gasteiger partial charge in [0.1, 0.15) is 5.60 Å². The van der Waals surface area contributed by atoms with Crippen molar-refractivity contribution in [2.75, 3.05) is 18.6 Å². The number of aromatic nitrogens is 4. The molecule has 8 heteroatoms. The van der Waals surface area contributed by atoms with Crippen LogP contribution in [0.1, 0.15) is 20.8 Å². The number of anilines is 1. The Morgan fingerprint density at radius 1 is 1.35 bits per heavy atom. The third-order valence-electron chi connectivity index (χ3n) is 2.87. The first-order valence-electron chi connectivity index (χ1n) is 7.24. The molecule has 0 saturated heterocycles. The fourth-order valence-corrected chi connectivity index (χ4v) is 1.86. The molecule has 124 valence electrons. The van der Waals surface area contributed by atoms with Crippen LogP contribution in [0, 0.1) is 0 Å². The molecular formula is C15H21N5O3. The lowest BCUT2D eigenvalue weighted by atomic mass is 10.2. The molecule has 2 heterocycles. The van der Waals surface area contributed by atoms with Gasteiger partial charge in [-0.25, -0.2) is 14.4 Å². The molecule has 0 aliphatic rings. The predicted molar refractivity (Wildman–Crippen MR) is 85.0 cm³/mol. The van der Waals surface area contributed by atoms with Gasteiger partial charge in [0, 0.05) is 25.0 Å². The molecule has 0 unspecified atom stereocenters. The fourth-order valence-electron chi connectivity index (χ4n) is 1.86. The van der Waals surface area contributed by atoms with Crippen LogP contribution in [0.4, 0.5) is 10.7 Å². The van der Waals surface area contributed by atoms with Crippen LogP contribution < -0.4 is 4.90 Å². The van der Waals surface area contributed by atoms with Gasteiger partial charge in [0.2, 0.25) is 5.95 Å². The highest BCUT2D eigenvalue weighted by Gasteiger charge is 2.25. The molecule has 1 N–H and O–H groups in total. The number of carbonyl (C=O) groups excluding carboxylic acids is 1. The van der Waals surface area contributed by atoms with Gasteiger partial charge in [-0.1, -0.05) is 0 Å². The zero-order chi connectivity index (χ0) is 17.0. The van der Waals surface area contributed by atoms with Gasteiger partial charge < -0.3 is 9.84 Å². The number of hydrogen-bond acceptors (Lipinski definition) is 6. The molecule has 0 saturated carbocycles. The summed E-state index contributed by atoms with van der Waals surface area (Å²) in [6, 6.07) is 3.55. The molecule has 0 aliphatic heterocycles. The Kier molecular flexibility index (Phi) is 4.95. The SMILES string of the molecule is CN(C(=O)OC(C)(C)C)c1nc(-c2ccncc2)nn1CCO. The summed E-state index contributed by atoms with van der Waals surface area (Å²) in [5, 5.41) is 13.5. The summed E-state index contributed by atoms with van der Waals surface area (Å²) >= 11 is 0. The maximum Gasteiger partial charge on any atom is 0.416 e. The maximum absolute atomic E-state index is 12.2. The largest absolute Gasteiger partial charge is 0.443 e. The minimum absolute atomic E-state index is 0.117. The topological polar surface area (TPSA) is 93.4 Å². The van der Waals surface area contributed by atoms with E-state index in [-0.39, 0.29) is 13.2 Å². The average molecular weight is 319 g/mol. The smallest absolute Gasteiger partial charge is 0.416 e. The van der Waals surface area contributed by atoms with Gasteiger partial charge in [-0.05, 0) is 32.9 Å². The lowest BCUT2D eigenvalue weighted by Crippen LogP contribution is -2.35. The molecule has 0 fully saturated rings. The Morgan fingerprint density at radius 3 is 2.57 bits per heavy atom. The van der Waals surface area contributed by atoms with Gasteiger partial charge in [0.25, 0.3) is 0 Å². The van der Waals surface area contributed by atoms with Crippen molar-refractivity contribution in [2.24, 2.45) is 0 Å². The summed E-state index contributed by atoms with van der Waals surface area (Å²) in [5.41, 5.74) is 0.164. The number of pyridine rings is 1. The molecule has 2 rings (SSSR count). The molecule has 2 aromatic heterocycles. The molecule has 0 aliphatic carbocycles. The van der Waals surface area contributed by atoms with E-state index in [4.69, 9.17) is 4.74 Å². The first-order valence-corrected chi connectivity index (χ1v) is 7.24. The lowest BCUT2D eigenvalue weighted by Gasteiger charge is -2.23. The number of rotatable bonds is 4. The molecule has 0 radical (unpaired) electrons. The summed E-state index contributed by atoms with van der Waals surface area (Å²) in [4.78, 5) is 21.8. The van der Waals surface area contributed by atoms with Gasteiger partial charge in [-0.3, -0.25) is 4.98 Å². The third kappa shape index (κ3) is 4.26. The first kappa shape index (κ1) is 16.9. The summed E-state index contributed by atoms with van der Waals surface area (Å²) in [6.07, 6.45) is 2.74. The van der Waals surface area contributed by atoms with Gasteiger partial charge >= 0.3 is 6.09 Å². The number of aliphatic hydroxyl groups excluding tert-OH is 1. The van der Waals surface area contributed by atoms with Crippen molar-refractivity contribution in [3.05, 3.63) is 24.5 Å². The number of aliphatic hydroxyl groups is 1. The Hall–Kier alpha value is -2.48. The standard InChI is InChI=1S/C15H21N5O3/c1-15(2,3)23-14(22)19(4)13-17-12(18-20(13)9-10-21)11-5-7-16-8-6-11/h5-8,21H,9-10H2,1-4H3. The monoisotopic (exact) mass is 319 g/mol. The first-order chi connectivity index (χ1) is 10.8. The molecule has 2 aromatic rings. The summed E-state index contributed by atoms with van der Waals surface area (Å²) in [7, 11) is 1.56. The second-order valence-corrected chi connectivity index (χ2v) is 5.96. The Balaban J connectivity index is 2.33. The van der Waals surface area contributed by atoms with Crippen LogP contribution in [-0.4, -0.2) is 50.2 Å². The van der Waals surface area contributed by atoms with E-state index in [9.17, 15) is 9.90 Å². The van der Waals surface area contributed by atoms with Crippen molar-refractivity contribution in [3.8, 4) is 11.4 Å². The molecule has 8 nitrogen and oxygen atoms in total. The second-order valence-electron chi connectivity index (χ2n) is 5.96. The zero-order valence-corrected chi connectivity index (χ0v) is 13.7. The quantitative estimate of drug-likeness (QED) is 0.922. The van der Waals surface area contributed by atoms with Crippen molar-refractivity contribution >= 4 is 12.0 Å². The van der Waals surface area contributed by atoms with Crippen molar-refractivity contribution < 1.29 is 14.6 Å². The molecule has 0 spiro atoms. The van der Waals surface area contributed by atoms with E-state index in [0.717, 1.165) is 5.56 Å². The van der Waals surface area contributed by atoms with Crippen LogP contribution >= 0.6 is 0 Å². The van der Waals surface area contributed by atoms with Crippen molar-refractivity contribution in [1.29, 1.82) is 0 Å². The van der Waals surface area contributed by atoms with E-state index < -0.39 is 11.7 Å². The Bertz CT molecular complexity index is 663. The Morgan fingerprint density at radius 2 is 2.00 bits per heavy atom. The van der Waals surface area contributed by atoms with E-state index in [0.29, 0.717) is 11.8 Å². The van der Waals surface area contributed by atoms with E-state index in [2.05, 4.69) is 15.1 Å². The molecule has 0 bridgehead atoms. The van der Waals surface area contributed by atoms with Crippen LogP contribution in [0.3, 0.4) is 0 Å². The summed E-state index contributed by atoms with van der Waals surface area (Å²) in [6.45, 7) is 5.48. The van der Waals surface area contributed by atoms with Gasteiger partial charge in [-0.2, -0.15) is 4.98 Å². The van der Waals surface area contributed by atoms with E-state index in [1.54, 1.807) is 52.3 Å². The fraction of sp³-hybridized carbons (Fsp3) is 0.467. The maximum atomic E-state index is 12.2. The summed E-state index contributed by atoms with van der Waals surface area (Å²) < 4.78 is 6.81. The molecule has 0 aromatic carbocycles. The minimum atomic E-state index is -0.610. The van der Waals surface area contributed by atoms with Crippen LogP contribution in [0.5, 0.6) is 0 Å². The van der Waals surface area contributed by atoms with Gasteiger partial charge in [-0.15, -0.1) is 5.10 Å². The highest BCUT2D eigenvalue weighted by Crippen LogP contribution is 2.20. The minimum Gasteiger partial charge on any atom is -0.443 e. The number of ether oxygens (including phenoxy) is 1. The summed E-state index contributed by atoms with van der Waals surface area (Å²) in [5.74, 6) is 0.756. The van der Waals surface area contributed by atoms with E-state index in [1.165, 1.54) is 9.58 Å². The van der Waals surface area contributed by atoms with Crippen LogP contribution in [0.2, 0.25) is 0 Å². The highest BCUT2D eigenvalue weighted by molar-refractivity contribution is 5.85. The second kappa shape index (κ2) is 6.74. The number of carbonyl (C=O) groups is 1. The van der Waals surface area contributed by atoms with E-state index >= 15 is 0 Å². The molecular weight excluding hydrogens is 298 g/mol. The van der Waals surface area contributed by atoms with Crippen molar-refractivity contribution in [3.63, 3.8) is 0 Å². The molecule has 1 amide bonds. The predicted octanol–water partition coefficient (Wildman–Crippen LogP) is 1.70. The number of amides is 1. The lowest BCUT2D eigenvalue weighted by molar-refractivity contribution is 0.0585. The molecule has 0 atom stereocenters. The van der Waals surface area contributed by atoms with Crippen molar-refractivity contribution in [1.82, 2.24) is 19.7 Å². The number of hydrogen-bond donors (Lipinski definition) is 1. The normalized spacial score (nSPS) is 11.3. The van der Waals surface area contributed by atoms with Crippen LogP contribution in [-0.2, 0) is 11.3 Å². The van der Waals surface area contributed by atoms with E-state index in [1.807, 2.05) is 0 Å². The van der Waals surface area contributed by atoms with Crippen LogP contribution in [0.25, 0.3) is 11.4 Å². The number of nitrogens with zero attached hydrogens (tertiary/aromatic N) is 5. The third-order valence-corrected chi connectivity index (χ3v) is 2.87. The van der Waals surface area contributed by atoms with Crippen LogP contribution in [0.15, 0.2) is 24.5 Å². The van der Waals surface area contributed by atoms with Gasteiger partial charge in [0.05, 0.1) is 13.2 Å². The zero-order valence-electron chi connectivity index (χ0n) is 13.7.